The van der Waals surface area contributed by atoms with Crippen molar-refractivity contribution >= 4 is 11.6 Å². The Hall–Kier alpha value is -1.75. The fourth-order valence-electron chi connectivity index (χ4n) is 1.49. The molecule has 0 aliphatic carbocycles. The van der Waals surface area contributed by atoms with Crippen LogP contribution in [0.25, 0.3) is 0 Å². The van der Waals surface area contributed by atoms with Crippen molar-refractivity contribution in [3.8, 4) is 5.75 Å². The number of amides is 1. The zero-order valence-electron chi connectivity index (χ0n) is 10.3. The van der Waals surface area contributed by atoms with E-state index in [-0.39, 0.29) is 11.9 Å². The molecule has 0 aliphatic heterocycles. The van der Waals surface area contributed by atoms with E-state index >= 15 is 0 Å². The van der Waals surface area contributed by atoms with Gasteiger partial charge in [-0.05, 0) is 19.1 Å². The summed E-state index contributed by atoms with van der Waals surface area (Å²) in [6.45, 7) is 2.33. The topological polar surface area (TPSA) is 73.6 Å². The Bertz CT molecular complexity index is 393. The van der Waals surface area contributed by atoms with Crippen LogP contribution in [-0.4, -0.2) is 32.8 Å². The molecule has 94 valence electrons. The third-order valence-electron chi connectivity index (χ3n) is 2.26. The van der Waals surface area contributed by atoms with Crippen molar-refractivity contribution in [3.05, 3.63) is 23.8 Å². The van der Waals surface area contributed by atoms with Crippen LogP contribution < -0.4 is 15.8 Å². The van der Waals surface area contributed by atoms with Crippen LogP contribution >= 0.6 is 0 Å². The Balaban J connectivity index is 2.81. The molecule has 1 atom stereocenters. The second-order valence-electron chi connectivity index (χ2n) is 3.79. The Kier molecular flexibility index (Phi) is 4.78. The van der Waals surface area contributed by atoms with E-state index in [1.54, 1.807) is 25.3 Å². The number of nitrogen functional groups attached to an aromatic ring is 1. The number of carbonyl (C=O) groups excluding carboxylic acids is 1. The number of nitrogens with one attached hydrogen (secondary N) is 1. The molecule has 0 fully saturated rings. The molecule has 1 aromatic rings. The molecule has 0 aliphatic rings. The Labute approximate surface area is 101 Å². The number of hydrogen-bond donors (Lipinski definition) is 2. The van der Waals surface area contributed by atoms with Crippen molar-refractivity contribution in [3.63, 3.8) is 0 Å². The molecule has 1 amide bonds. The molecule has 1 aromatic carbocycles. The van der Waals surface area contributed by atoms with Gasteiger partial charge in [0.15, 0.2) is 0 Å². The van der Waals surface area contributed by atoms with Gasteiger partial charge in [-0.1, -0.05) is 0 Å². The molecular formula is C12H18N2O3. The van der Waals surface area contributed by atoms with Gasteiger partial charge >= 0.3 is 0 Å². The third kappa shape index (κ3) is 3.64. The summed E-state index contributed by atoms with van der Waals surface area (Å²) in [7, 11) is 3.09. The molecule has 0 heterocycles. The maximum absolute atomic E-state index is 11.9. The van der Waals surface area contributed by atoms with Crippen molar-refractivity contribution in [2.24, 2.45) is 0 Å². The first-order chi connectivity index (χ1) is 8.08. The highest BCUT2D eigenvalue weighted by molar-refractivity contribution is 5.97. The van der Waals surface area contributed by atoms with E-state index in [1.807, 2.05) is 6.92 Å². The summed E-state index contributed by atoms with van der Waals surface area (Å²) in [5, 5.41) is 2.81. The number of hydrogen-bond acceptors (Lipinski definition) is 4. The molecule has 0 saturated heterocycles. The summed E-state index contributed by atoms with van der Waals surface area (Å²) in [5.74, 6) is 0.263. The fraction of sp³-hybridized carbons (Fsp3) is 0.417. The number of ether oxygens (including phenoxy) is 2. The normalized spacial score (nSPS) is 11.9. The van der Waals surface area contributed by atoms with Crippen LogP contribution in [0.5, 0.6) is 5.75 Å². The molecule has 17 heavy (non-hydrogen) atoms. The Morgan fingerprint density at radius 2 is 2.18 bits per heavy atom. The van der Waals surface area contributed by atoms with Crippen molar-refractivity contribution in [2.45, 2.75) is 13.0 Å². The summed E-state index contributed by atoms with van der Waals surface area (Å²) in [6.07, 6.45) is 0. The number of methoxy groups -OCH3 is 2. The molecule has 0 bridgehead atoms. The highest BCUT2D eigenvalue weighted by Gasteiger charge is 2.14. The SMILES string of the molecule is COCC(C)NC(=O)c1ccc(N)cc1OC. The summed E-state index contributed by atoms with van der Waals surface area (Å²) in [5.41, 5.74) is 6.64. The standard InChI is InChI=1S/C12H18N2O3/c1-8(7-16-2)14-12(15)10-5-4-9(13)6-11(10)17-3/h4-6,8H,7,13H2,1-3H3,(H,14,15). The minimum atomic E-state index is -0.202. The molecule has 1 unspecified atom stereocenters. The van der Waals surface area contributed by atoms with E-state index in [0.717, 1.165) is 0 Å². The van der Waals surface area contributed by atoms with Crippen molar-refractivity contribution in [2.75, 3.05) is 26.6 Å². The molecule has 5 nitrogen and oxygen atoms in total. The van der Waals surface area contributed by atoms with E-state index in [9.17, 15) is 4.79 Å². The van der Waals surface area contributed by atoms with Gasteiger partial charge in [0.25, 0.3) is 5.91 Å². The van der Waals surface area contributed by atoms with Gasteiger partial charge in [0.05, 0.1) is 19.3 Å². The van der Waals surface area contributed by atoms with Crippen molar-refractivity contribution in [1.29, 1.82) is 0 Å². The van der Waals surface area contributed by atoms with Crippen LogP contribution in [-0.2, 0) is 4.74 Å². The van der Waals surface area contributed by atoms with Crippen LogP contribution in [0.1, 0.15) is 17.3 Å². The van der Waals surface area contributed by atoms with Gasteiger partial charge in [-0.3, -0.25) is 4.79 Å². The lowest BCUT2D eigenvalue weighted by atomic mass is 10.1. The lowest BCUT2D eigenvalue weighted by Gasteiger charge is -2.14. The molecule has 0 aromatic heterocycles. The number of anilines is 1. The van der Waals surface area contributed by atoms with Gasteiger partial charge in [-0.25, -0.2) is 0 Å². The lowest BCUT2D eigenvalue weighted by Crippen LogP contribution is -2.35. The van der Waals surface area contributed by atoms with Gasteiger partial charge in [0, 0.05) is 24.9 Å². The van der Waals surface area contributed by atoms with Gasteiger partial charge in [-0.15, -0.1) is 0 Å². The first-order valence-electron chi connectivity index (χ1n) is 5.31. The molecule has 1 rings (SSSR count). The highest BCUT2D eigenvalue weighted by atomic mass is 16.5. The minimum absolute atomic E-state index is 0.0604. The monoisotopic (exact) mass is 238 g/mol. The van der Waals surface area contributed by atoms with Gasteiger partial charge in [-0.2, -0.15) is 0 Å². The Morgan fingerprint density at radius 1 is 1.47 bits per heavy atom. The van der Waals surface area contributed by atoms with Crippen LogP contribution in [0.3, 0.4) is 0 Å². The molecule has 0 radical (unpaired) electrons. The van der Waals surface area contributed by atoms with E-state index in [0.29, 0.717) is 23.6 Å². The molecule has 0 saturated carbocycles. The number of rotatable bonds is 5. The highest BCUT2D eigenvalue weighted by Crippen LogP contribution is 2.21. The lowest BCUT2D eigenvalue weighted by molar-refractivity contribution is 0.0902. The van der Waals surface area contributed by atoms with Crippen LogP contribution in [0.4, 0.5) is 5.69 Å². The summed E-state index contributed by atoms with van der Waals surface area (Å²) < 4.78 is 10.1. The fourth-order valence-corrected chi connectivity index (χ4v) is 1.49. The van der Waals surface area contributed by atoms with E-state index < -0.39 is 0 Å². The van der Waals surface area contributed by atoms with Crippen LogP contribution in [0, 0.1) is 0 Å². The summed E-state index contributed by atoms with van der Waals surface area (Å²) in [4.78, 5) is 11.9. The minimum Gasteiger partial charge on any atom is -0.496 e. The molecule has 5 heteroatoms. The summed E-state index contributed by atoms with van der Waals surface area (Å²) >= 11 is 0. The molecule has 0 spiro atoms. The predicted octanol–water partition coefficient (Wildman–Crippen LogP) is 1.04. The summed E-state index contributed by atoms with van der Waals surface area (Å²) in [6, 6.07) is 4.87. The van der Waals surface area contributed by atoms with Gasteiger partial charge in [0.1, 0.15) is 5.75 Å². The molecular weight excluding hydrogens is 220 g/mol. The van der Waals surface area contributed by atoms with Crippen molar-refractivity contribution < 1.29 is 14.3 Å². The zero-order chi connectivity index (χ0) is 12.8. The van der Waals surface area contributed by atoms with E-state index in [4.69, 9.17) is 15.2 Å². The van der Waals surface area contributed by atoms with E-state index in [2.05, 4.69) is 5.32 Å². The second kappa shape index (κ2) is 6.10. The first-order valence-corrected chi connectivity index (χ1v) is 5.31. The first kappa shape index (κ1) is 13.3. The van der Waals surface area contributed by atoms with Gasteiger partial charge < -0.3 is 20.5 Å². The zero-order valence-corrected chi connectivity index (χ0v) is 10.3. The number of carbonyl (C=O) groups is 1. The van der Waals surface area contributed by atoms with Gasteiger partial charge in [0.2, 0.25) is 0 Å². The molecule has 3 N–H and O–H groups in total. The predicted molar refractivity (Wildman–Crippen MR) is 66.2 cm³/mol. The smallest absolute Gasteiger partial charge is 0.255 e. The van der Waals surface area contributed by atoms with Crippen LogP contribution in [0.2, 0.25) is 0 Å². The largest absolute Gasteiger partial charge is 0.496 e. The van der Waals surface area contributed by atoms with Crippen LogP contribution in [0.15, 0.2) is 18.2 Å². The average Bonchev–Trinajstić information content (AvgIpc) is 2.28. The van der Waals surface area contributed by atoms with Crippen molar-refractivity contribution in [1.82, 2.24) is 5.32 Å². The number of benzene rings is 1. The Morgan fingerprint density at radius 3 is 2.76 bits per heavy atom. The average molecular weight is 238 g/mol. The van der Waals surface area contributed by atoms with E-state index in [1.165, 1.54) is 7.11 Å². The quantitative estimate of drug-likeness (QED) is 0.752. The maximum Gasteiger partial charge on any atom is 0.255 e. The third-order valence-corrected chi connectivity index (χ3v) is 2.26. The maximum atomic E-state index is 11.9. The number of nitrogens with two attached hydrogens (primary N) is 1. The second-order valence-corrected chi connectivity index (χ2v) is 3.79.